The number of benzene rings is 2. The third kappa shape index (κ3) is 4.59. The number of fused-ring (bicyclic) bond motifs is 1. The summed E-state index contributed by atoms with van der Waals surface area (Å²) in [6, 6.07) is 12.7. The maximum atomic E-state index is 13.0. The first kappa shape index (κ1) is 22.3. The van der Waals surface area contributed by atoms with Crippen molar-refractivity contribution < 1.29 is 17.6 Å². The van der Waals surface area contributed by atoms with Gasteiger partial charge in [-0.25, -0.2) is 22.8 Å². The Bertz CT molecular complexity index is 1490. The zero-order chi connectivity index (χ0) is 23.9. The summed E-state index contributed by atoms with van der Waals surface area (Å²) in [5.74, 6) is -0.731. The van der Waals surface area contributed by atoms with E-state index >= 15 is 0 Å². The van der Waals surface area contributed by atoms with Gasteiger partial charge in [0.15, 0.2) is 15.7 Å². The fourth-order valence-electron chi connectivity index (χ4n) is 4.31. The quantitative estimate of drug-likeness (QED) is 0.395. The van der Waals surface area contributed by atoms with Crippen molar-refractivity contribution in [3.05, 3.63) is 95.6 Å². The molecule has 2 heterocycles. The number of hydrogen-bond acceptors (Lipinski definition) is 6. The normalized spacial score (nSPS) is 17.6. The summed E-state index contributed by atoms with van der Waals surface area (Å²) in [4.78, 5) is 24.7. The summed E-state index contributed by atoms with van der Waals surface area (Å²) >= 11 is 0. The van der Waals surface area contributed by atoms with Gasteiger partial charge in [-0.15, -0.1) is 0 Å². The van der Waals surface area contributed by atoms with Crippen LogP contribution in [-0.4, -0.2) is 29.2 Å². The Balaban J connectivity index is 1.24. The van der Waals surface area contributed by atoms with Gasteiger partial charge in [0, 0.05) is 30.1 Å². The number of carbonyl (C=O) groups is 1. The lowest BCUT2D eigenvalue weighted by Gasteiger charge is -2.07. The highest BCUT2D eigenvalue weighted by atomic mass is 32.2. The van der Waals surface area contributed by atoms with Crippen molar-refractivity contribution in [1.82, 2.24) is 15.0 Å². The van der Waals surface area contributed by atoms with Gasteiger partial charge in [0.1, 0.15) is 17.4 Å². The van der Waals surface area contributed by atoms with E-state index in [0.29, 0.717) is 6.42 Å². The Morgan fingerprint density at radius 3 is 2.50 bits per heavy atom. The molecule has 172 valence electrons. The van der Waals surface area contributed by atoms with Crippen LogP contribution in [0, 0.1) is 18.7 Å². The summed E-state index contributed by atoms with van der Waals surface area (Å²) in [5, 5.41) is 2.16. The third-order valence-electron chi connectivity index (χ3n) is 6.27. The van der Waals surface area contributed by atoms with Crippen LogP contribution in [0.1, 0.15) is 34.9 Å². The molecule has 0 N–H and O–H groups in total. The van der Waals surface area contributed by atoms with Crippen molar-refractivity contribution in [3.63, 3.8) is 0 Å². The molecule has 1 aliphatic carbocycles. The first-order valence-corrected chi connectivity index (χ1v) is 12.6. The number of rotatable bonds is 7. The maximum absolute atomic E-state index is 13.0. The number of nitrogens with zero attached hydrogens (tertiary/aromatic N) is 3. The molecule has 5 rings (SSSR count). The molecule has 0 bridgehead atoms. The molecule has 2 atom stereocenters. The summed E-state index contributed by atoms with van der Waals surface area (Å²) in [7, 11) is -3.66. The van der Waals surface area contributed by atoms with Crippen LogP contribution in [-0.2, 0) is 26.8 Å². The highest BCUT2D eigenvalue weighted by Crippen LogP contribution is 2.48. The number of ketones is 1. The van der Waals surface area contributed by atoms with Crippen molar-refractivity contribution in [2.24, 2.45) is 5.92 Å². The molecule has 1 unspecified atom stereocenters. The van der Waals surface area contributed by atoms with E-state index < -0.39 is 21.4 Å². The van der Waals surface area contributed by atoms with Crippen molar-refractivity contribution >= 4 is 26.4 Å². The fraction of sp³-hybridized carbons (Fsp3) is 0.231. The summed E-state index contributed by atoms with van der Waals surface area (Å²) < 4.78 is 38.2. The lowest BCUT2D eigenvalue weighted by atomic mass is 9.99. The zero-order valence-electron chi connectivity index (χ0n) is 18.5. The zero-order valence-corrected chi connectivity index (χ0v) is 19.3. The second-order valence-corrected chi connectivity index (χ2v) is 10.7. The smallest absolute Gasteiger partial charge is 0.185 e. The molecule has 0 spiro atoms. The Morgan fingerprint density at radius 1 is 1.03 bits per heavy atom. The molecular weight excluding hydrogens is 453 g/mol. The second-order valence-electron chi connectivity index (χ2n) is 8.75. The summed E-state index contributed by atoms with van der Waals surface area (Å²) in [6.07, 6.45) is 6.68. The number of Topliss-reactive ketones (excluding diaryl/α,β-unsaturated/α-hetero) is 1. The Morgan fingerprint density at radius 2 is 1.76 bits per heavy atom. The number of halogens is 1. The molecule has 0 saturated heterocycles. The molecule has 0 amide bonds. The van der Waals surface area contributed by atoms with Crippen molar-refractivity contribution in [3.8, 4) is 0 Å². The molecule has 34 heavy (non-hydrogen) atoms. The lowest BCUT2D eigenvalue weighted by Crippen LogP contribution is -2.08. The van der Waals surface area contributed by atoms with Crippen LogP contribution in [0.4, 0.5) is 4.39 Å². The number of hydrogen-bond donors (Lipinski definition) is 0. The van der Waals surface area contributed by atoms with E-state index in [1.54, 1.807) is 24.3 Å². The van der Waals surface area contributed by atoms with Gasteiger partial charge in [-0.1, -0.05) is 30.3 Å². The standard InChI is InChI=1S/C26H22FN3O3S/c1-16-11-28-12-19-3-2-17(8-22(16)19)9-25(31)24-10-23(24)18-4-6-21(7-5-18)34(32,33)15-26-29-13-20(27)14-30-26/h2-8,11-14,23-24H,9-10,15H2,1H3/t23?,24-/m1/s1. The van der Waals surface area contributed by atoms with Crippen molar-refractivity contribution in [1.29, 1.82) is 0 Å². The lowest BCUT2D eigenvalue weighted by molar-refractivity contribution is -0.119. The highest BCUT2D eigenvalue weighted by molar-refractivity contribution is 7.90. The van der Waals surface area contributed by atoms with Gasteiger partial charge in [0.25, 0.3) is 0 Å². The van der Waals surface area contributed by atoms with Gasteiger partial charge in [-0.05, 0) is 53.5 Å². The Hall–Kier alpha value is -3.52. The SMILES string of the molecule is Cc1cncc2ccc(CC(=O)[C@@H]3CC3c3ccc(S(=O)(=O)Cc4ncc(F)cn4)cc3)cc12. The van der Waals surface area contributed by atoms with Crippen LogP contribution in [0.3, 0.4) is 0 Å². The Labute approximate surface area is 196 Å². The molecule has 8 heteroatoms. The van der Waals surface area contributed by atoms with E-state index in [4.69, 9.17) is 0 Å². The average molecular weight is 476 g/mol. The number of aromatic nitrogens is 3. The summed E-state index contributed by atoms with van der Waals surface area (Å²) in [5.41, 5.74) is 3.02. The van der Waals surface area contributed by atoms with Gasteiger partial charge in [0.2, 0.25) is 0 Å². The van der Waals surface area contributed by atoms with Gasteiger partial charge >= 0.3 is 0 Å². The third-order valence-corrected chi connectivity index (χ3v) is 7.90. The van der Waals surface area contributed by atoms with E-state index in [0.717, 1.165) is 46.3 Å². The molecule has 1 saturated carbocycles. The van der Waals surface area contributed by atoms with Crippen molar-refractivity contribution in [2.75, 3.05) is 0 Å². The molecule has 2 aromatic carbocycles. The van der Waals surface area contributed by atoms with E-state index in [1.165, 1.54) is 0 Å². The molecule has 1 aliphatic rings. The van der Waals surface area contributed by atoms with Gasteiger partial charge in [-0.3, -0.25) is 9.78 Å². The molecular formula is C26H22FN3O3S. The number of sulfone groups is 1. The highest BCUT2D eigenvalue weighted by Gasteiger charge is 2.43. The number of carbonyl (C=O) groups excluding carboxylic acids is 1. The van der Waals surface area contributed by atoms with Crippen LogP contribution in [0.2, 0.25) is 0 Å². The van der Waals surface area contributed by atoms with Crippen LogP contribution >= 0.6 is 0 Å². The van der Waals surface area contributed by atoms with E-state index in [2.05, 4.69) is 21.0 Å². The Kier molecular flexibility index (Phi) is 5.69. The predicted molar refractivity (Wildman–Crippen MR) is 125 cm³/mol. The molecule has 6 nitrogen and oxygen atoms in total. The molecule has 2 aromatic heterocycles. The van der Waals surface area contributed by atoms with Crippen LogP contribution < -0.4 is 0 Å². The number of aryl methyl sites for hydroxylation is 1. The maximum Gasteiger partial charge on any atom is 0.185 e. The van der Waals surface area contributed by atoms with Gasteiger partial charge < -0.3 is 0 Å². The van der Waals surface area contributed by atoms with Crippen LogP contribution in [0.15, 0.2) is 72.1 Å². The van der Waals surface area contributed by atoms with Crippen molar-refractivity contribution in [2.45, 2.75) is 36.3 Å². The van der Waals surface area contributed by atoms with Crippen LogP contribution in [0.5, 0.6) is 0 Å². The van der Waals surface area contributed by atoms with E-state index in [-0.39, 0.29) is 28.3 Å². The minimum atomic E-state index is -3.66. The molecule has 1 fully saturated rings. The van der Waals surface area contributed by atoms with E-state index in [9.17, 15) is 17.6 Å². The average Bonchev–Trinajstić information content (AvgIpc) is 3.62. The topological polar surface area (TPSA) is 89.9 Å². The minimum absolute atomic E-state index is 0.0403. The second kappa shape index (κ2) is 8.68. The number of pyridine rings is 1. The predicted octanol–water partition coefficient (Wildman–Crippen LogP) is 4.36. The monoisotopic (exact) mass is 475 g/mol. The largest absolute Gasteiger partial charge is 0.299 e. The first-order valence-electron chi connectivity index (χ1n) is 11.0. The molecule has 4 aromatic rings. The minimum Gasteiger partial charge on any atom is -0.299 e. The van der Waals surface area contributed by atoms with Crippen LogP contribution in [0.25, 0.3) is 10.8 Å². The summed E-state index contributed by atoms with van der Waals surface area (Å²) in [6.45, 7) is 2.01. The molecule has 0 aliphatic heterocycles. The molecule has 0 radical (unpaired) electrons. The van der Waals surface area contributed by atoms with Gasteiger partial charge in [0.05, 0.1) is 17.3 Å². The fourth-order valence-corrected chi connectivity index (χ4v) is 5.51. The first-order chi connectivity index (χ1) is 16.3. The van der Waals surface area contributed by atoms with E-state index in [1.807, 2.05) is 31.5 Å². The van der Waals surface area contributed by atoms with Gasteiger partial charge in [-0.2, -0.15) is 0 Å².